The van der Waals surface area contributed by atoms with Crippen molar-refractivity contribution in [3.63, 3.8) is 0 Å². The van der Waals surface area contributed by atoms with E-state index in [0.29, 0.717) is 6.42 Å². The van der Waals surface area contributed by atoms with Gasteiger partial charge in [0, 0.05) is 5.54 Å². The van der Waals surface area contributed by atoms with Gasteiger partial charge in [0.1, 0.15) is 5.82 Å². The van der Waals surface area contributed by atoms with E-state index >= 15 is 0 Å². The van der Waals surface area contributed by atoms with Crippen LogP contribution in [-0.4, -0.2) is 22.5 Å². The minimum Gasteiger partial charge on any atom is -0.481 e. The van der Waals surface area contributed by atoms with Crippen molar-refractivity contribution in [3.8, 4) is 0 Å². The van der Waals surface area contributed by atoms with Gasteiger partial charge in [-0.1, -0.05) is 19.1 Å². The Labute approximate surface area is 105 Å². The molecule has 1 aromatic rings. The number of carbonyl (C=O) groups excluding carboxylic acids is 1. The van der Waals surface area contributed by atoms with Gasteiger partial charge < -0.3 is 10.4 Å². The summed E-state index contributed by atoms with van der Waals surface area (Å²) in [5.41, 5.74) is -0.965. The van der Waals surface area contributed by atoms with Gasteiger partial charge in [-0.05, 0) is 25.5 Å². The lowest BCUT2D eigenvalue weighted by Gasteiger charge is -2.28. The fourth-order valence-corrected chi connectivity index (χ4v) is 1.58. The van der Waals surface area contributed by atoms with Gasteiger partial charge >= 0.3 is 5.97 Å². The van der Waals surface area contributed by atoms with Crippen LogP contribution in [-0.2, 0) is 4.79 Å². The van der Waals surface area contributed by atoms with Gasteiger partial charge in [0.05, 0.1) is 12.0 Å². The molecule has 0 bridgehead atoms. The van der Waals surface area contributed by atoms with Crippen molar-refractivity contribution in [2.24, 2.45) is 0 Å². The van der Waals surface area contributed by atoms with Crippen molar-refractivity contribution in [1.82, 2.24) is 5.32 Å². The third-order valence-corrected chi connectivity index (χ3v) is 2.86. The Balaban J connectivity index is 2.86. The van der Waals surface area contributed by atoms with E-state index in [9.17, 15) is 14.0 Å². The second-order valence-corrected chi connectivity index (χ2v) is 4.42. The molecular weight excluding hydrogens is 237 g/mol. The first-order valence-electron chi connectivity index (χ1n) is 5.67. The molecule has 1 rings (SSSR count). The number of rotatable bonds is 5. The molecule has 1 aromatic carbocycles. The first-order chi connectivity index (χ1) is 8.38. The lowest BCUT2D eigenvalue weighted by molar-refractivity contribution is -0.138. The average molecular weight is 253 g/mol. The lowest BCUT2D eigenvalue weighted by Crippen LogP contribution is -2.47. The largest absolute Gasteiger partial charge is 0.481 e. The van der Waals surface area contributed by atoms with Gasteiger partial charge in [-0.2, -0.15) is 0 Å². The molecule has 0 aliphatic carbocycles. The number of hydrogen-bond donors (Lipinski definition) is 2. The fraction of sp³-hybridized carbons (Fsp3) is 0.385. The first-order valence-corrected chi connectivity index (χ1v) is 5.67. The summed E-state index contributed by atoms with van der Waals surface area (Å²) in [6.07, 6.45) is 0.239. The van der Waals surface area contributed by atoms with Crippen LogP contribution in [0.1, 0.15) is 37.0 Å². The molecule has 18 heavy (non-hydrogen) atoms. The number of benzene rings is 1. The fourth-order valence-electron chi connectivity index (χ4n) is 1.58. The van der Waals surface area contributed by atoms with Gasteiger partial charge in [0.25, 0.3) is 5.91 Å². The second kappa shape index (κ2) is 5.62. The van der Waals surface area contributed by atoms with Crippen molar-refractivity contribution < 1.29 is 19.1 Å². The van der Waals surface area contributed by atoms with Crippen molar-refractivity contribution in [1.29, 1.82) is 0 Å². The number of hydrogen-bond acceptors (Lipinski definition) is 2. The number of carboxylic acid groups (broad SMARTS) is 1. The second-order valence-electron chi connectivity index (χ2n) is 4.42. The Morgan fingerprint density at radius 2 is 2.00 bits per heavy atom. The van der Waals surface area contributed by atoms with E-state index < -0.39 is 23.2 Å². The third kappa shape index (κ3) is 3.55. The topological polar surface area (TPSA) is 66.4 Å². The average Bonchev–Trinajstić information content (AvgIpc) is 2.28. The molecule has 0 fully saturated rings. The van der Waals surface area contributed by atoms with Crippen LogP contribution in [0.2, 0.25) is 0 Å². The summed E-state index contributed by atoms with van der Waals surface area (Å²) in [5, 5.41) is 11.4. The minimum atomic E-state index is -1.01. The molecule has 4 nitrogen and oxygen atoms in total. The predicted octanol–water partition coefficient (Wildman–Crippen LogP) is 2.20. The number of halogens is 1. The van der Waals surface area contributed by atoms with E-state index in [1.807, 2.05) is 0 Å². The zero-order valence-corrected chi connectivity index (χ0v) is 10.4. The van der Waals surface area contributed by atoms with Crippen LogP contribution in [0.4, 0.5) is 4.39 Å². The molecule has 0 saturated heterocycles. The smallest absolute Gasteiger partial charge is 0.305 e. The van der Waals surface area contributed by atoms with Gasteiger partial charge in [-0.3, -0.25) is 9.59 Å². The Morgan fingerprint density at radius 3 is 2.50 bits per heavy atom. The summed E-state index contributed by atoms with van der Waals surface area (Å²) in [4.78, 5) is 22.6. The Morgan fingerprint density at radius 1 is 1.39 bits per heavy atom. The number of aliphatic carboxylic acids is 1. The monoisotopic (exact) mass is 253 g/mol. The van der Waals surface area contributed by atoms with E-state index in [2.05, 4.69) is 5.32 Å². The highest BCUT2D eigenvalue weighted by Crippen LogP contribution is 2.16. The highest BCUT2D eigenvalue weighted by atomic mass is 19.1. The molecule has 0 aliphatic heterocycles. The van der Waals surface area contributed by atoms with Gasteiger partial charge in [0.15, 0.2) is 0 Å². The summed E-state index contributed by atoms with van der Waals surface area (Å²) in [6.45, 7) is 3.39. The summed E-state index contributed by atoms with van der Waals surface area (Å²) in [5.74, 6) is -2.23. The van der Waals surface area contributed by atoms with E-state index in [1.165, 1.54) is 18.2 Å². The number of nitrogens with one attached hydrogen (secondary N) is 1. The van der Waals surface area contributed by atoms with Crippen molar-refractivity contribution in [2.75, 3.05) is 0 Å². The van der Waals surface area contributed by atoms with Gasteiger partial charge in [0.2, 0.25) is 0 Å². The van der Waals surface area contributed by atoms with Crippen LogP contribution in [0.25, 0.3) is 0 Å². The van der Waals surface area contributed by atoms with Gasteiger partial charge in [-0.25, -0.2) is 4.39 Å². The van der Waals surface area contributed by atoms with Crippen LogP contribution in [0.3, 0.4) is 0 Å². The first kappa shape index (κ1) is 14.2. The molecule has 0 aliphatic rings. The molecule has 1 atom stereocenters. The molecule has 0 saturated carbocycles. The maximum absolute atomic E-state index is 13.4. The summed E-state index contributed by atoms with van der Waals surface area (Å²) in [7, 11) is 0. The van der Waals surface area contributed by atoms with Crippen molar-refractivity contribution in [3.05, 3.63) is 35.6 Å². The van der Waals surface area contributed by atoms with Gasteiger partial charge in [-0.15, -0.1) is 0 Å². The number of carboxylic acids is 1. The molecule has 1 unspecified atom stereocenters. The Bertz CT molecular complexity index is 461. The summed E-state index contributed by atoms with van der Waals surface area (Å²) >= 11 is 0. The zero-order valence-electron chi connectivity index (χ0n) is 10.4. The highest BCUT2D eigenvalue weighted by Gasteiger charge is 2.28. The lowest BCUT2D eigenvalue weighted by atomic mass is 9.94. The molecule has 1 amide bonds. The third-order valence-electron chi connectivity index (χ3n) is 2.86. The van der Waals surface area contributed by atoms with E-state index in [0.717, 1.165) is 0 Å². The molecular formula is C13H16FNO3. The molecule has 2 N–H and O–H groups in total. The number of carbonyl (C=O) groups is 2. The highest BCUT2D eigenvalue weighted by molar-refractivity contribution is 5.95. The molecule has 0 heterocycles. The maximum Gasteiger partial charge on any atom is 0.305 e. The molecule has 0 radical (unpaired) electrons. The molecule has 5 heteroatoms. The maximum atomic E-state index is 13.4. The summed E-state index contributed by atoms with van der Waals surface area (Å²) in [6, 6.07) is 5.60. The predicted molar refractivity (Wildman–Crippen MR) is 64.8 cm³/mol. The normalized spacial score (nSPS) is 13.7. The summed E-state index contributed by atoms with van der Waals surface area (Å²) < 4.78 is 13.4. The Hall–Kier alpha value is -1.91. The SMILES string of the molecule is CCC(C)(CC(=O)O)NC(=O)c1ccccc1F. The zero-order chi connectivity index (χ0) is 13.8. The molecule has 0 aromatic heterocycles. The van der Waals surface area contributed by atoms with Crippen LogP contribution in [0.5, 0.6) is 0 Å². The minimum absolute atomic E-state index is 0.0810. The standard InChI is InChI=1S/C13H16FNO3/c1-3-13(2,8-11(16)17)15-12(18)9-6-4-5-7-10(9)14/h4-7H,3,8H2,1-2H3,(H,15,18)(H,16,17). The van der Waals surface area contributed by atoms with Crippen LogP contribution in [0, 0.1) is 5.82 Å². The quantitative estimate of drug-likeness (QED) is 0.845. The Kier molecular flexibility index (Phi) is 4.42. The van der Waals surface area contributed by atoms with Crippen molar-refractivity contribution in [2.45, 2.75) is 32.2 Å². The van der Waals surface area contributed by atoms with E-state index in [1.54, 1.807) is 19.9 Å². The molecule has 0 spiro atoms. The molecule has 98 valence electrons. The van der Waals surface area contributed by atoms with E-state index in [-0.39, 0.29) is 12.0 Å². The number of amides is 1. The van der Waals surface area contributed by atoms with Crippen LogP contribution < -0.4 is 5.32 Å². The van der Waals surface area contributed by atoms with E-state index in [4.69, 9.17) is 5.11 Å². The van der Waals surface area contributed by atoms with Crippen LogP contribution >= 0.6 is 0 Å². The van der Waals surface area contributed by atoms with Crippen LogP contribution in [0.15, 0.2) is 24.3 Å². The van der Waals surface area contributed by atoms with Crippen molar-refractivity contribution >= 4 is 11.9 Å².